The molecule has 11 N–H and O–H groups in total. The van der Waals surface area contributed by atoms with Crippen molar-refractivity contribution in [3.63, 3.8) is 0 Å². The SMILES string of the molecule is CCCCC(=N)CC(=O)[C@H](O)[C@@H](O)[C@@H](O)[C@H](O)C(=O)NCCCC(C)(C)C.CCCCC(=O)[C@H](O)[C@@H](O)[C@@H](O)[C@H](O)C(=O)NCCCC(C)(C)C. The molecule has 2 amide bonds. The van der Waals surface area contributed by atoms with Crippen molar-refractivity contribution in [2.24, 2.45) is 10.8 Å². The quantitative estimate of drug-likeness (QED) is 0.0482. The van der Waals surface area contributed by atoms with Gasteiger partial charge in [0.2, 0.25) is 0 Å². The molecule has 0 aromatic rings. The molecule has 0 radical (unpaired) electrons. The van der Waals surface area contributed by atoms with Crippen molar-refractivity contribution in [2.75, 3.05) is 13.1 Å². The average Bonchev–Trinajstić information content (AvgIpc) is 3.06. The minimum absolute atomic E-state index is 0.0660. The van der Waals surface area contributed by atoms with Gasteiger partial charge < -0.3 is 56.9 Å². The number of unbranched alkanes of at least 4 members (excludes halogenated alkanes) is 2. The maximum atomic E-state index is 11.9. The van der Waals surface area contributed by atoms with Crippen molar-refractivity contribution in [3.8, 4) is 0 Å². The van der Waals surface area contributed by atoms with Gasteiger partial charge in [-0.05, 0) is 55.8 Å². The zero-order valence-electron chi connectivity index (χ0n) is 32.0. The smallest absolute Gasteiger partial charge is 0.251 e. The molecule has 8 atom stereocenters. The summed E-state index contributed by atoms with van der Waals surface area (Å²) in [7, 11) is 0. The fourth-order valence-corrected chi connectivity index (χ4v) is 4.60. The number of rotatable bonds is 24. The van der Waals surface area contributed by atoms with Crippen LogP contribution < -0.4 is 10.6 Å². The Morgan fingerprint density at radius 1 is 0.529 bits per heavy atom. The van der Waals surface area contributed by atoms with Gasteiger partial charge in [-0.1, -0.05) is 68.2 Å². The second-order valence-corrected chi connectivity index (χ2v) is 15.6. The van der Waals surface area contributed by atoms with Crippen LogP contribution in [0.5, 0.6) is 0 Å². The number of Topliss-reactive ketones (excluding diaryl/α,β-unsaturated/α-hetero) is 2. The van der Waals surface area contributed by atoms with Gasteiger partial charge in [0, 0.05) is 31.6 Å². The van der Waals surface area contributed by atoms with Crippen LogP contribution in [-0.4, -0.2) is 132 Å². The van der Waals surface area contributed by atoms with E-state index in [9.17, 15) is 60.0 Å². The Hall–Kier alpha value is -2.37. The molecule has 0 aliphatic carbocycles. The maximum absolute atomic E-state index is 11.9. The molecule has 0 rings (SSSR count). The van der Waals surface area contributed by atoms with Crippen molar-refractivity contribution in [2.45, 2.75) is 175 Å². The molecule has 0 saturated carbocycles. The minimum atomic E-state index is -2.02. The summed E-state index contributed by atoms with van der Waals surface area (Å²) in [6.45, 7) is 16.8. The Labute approximate surface area is 303 Å². The molecule has 0 fully saturated rings. The number of aliphatic hydroxyl groups is 8. The first-order chi connectivity index (χ1) is 23.4. The summed E-state index contributed by atoms with van der Waals surface area (Å²) in [6.07, 6.45) is -9.44. The van der Waals surface area contributed by atoms with E-state index >= 15 is 0 Å². The summed E-state index contributed by atoms with van der Waals surface area (Å²) in [4.78, 5) is 47.2. The van der Waals surface area contributed by atoms with Crippen LogP contribution >= 0.6 is 0 Å². The van der Waals surface area contributed by atoms with E-state index in [0.717, 1.165) is 32.1 Å². The zero-order chi connectivity index (χ0) is 40.1. The van der Waals surface area contributed by atoms with Gasteiger partial charge in [0.15, 0.2) is 23.8 Å². The summed E-state index contributed by atoms with van der Waals surface area (Å²) in [6, 6.07) is 0. The van der Waals surface area contributed by atoms with E-state index in [1.54, 1.807) is 0 Å². The van der Waals surface area contributed by atoms with Crippen LogP contribution in [-0.2, 0) is 19.2 Å². The number of carbonyl (C=O) groups is 4. The third kappa shape index (κ3) is 23.0. The predicted molar refractivity (Wildman–Crippen MR) is 193 cm³/mol. The highest BCUT2D eigenvalue weighted by Crippen LogP contribution is 2.21. The molecule has 0 bridgehead atoms. The third-order valence-electron chi connectivity index (χ3n) is 7.99. The number of aliphatic hydroxyl groups excluding tert-OH is 8. The number of hydrogen-bond donors (Lipinski definition) is 11. The van der Waals surface area contributed by atoms with Gasteiger partial charge in [-0.3, -0.25) is 19.2 Å². The molecular formula is C36H69N3O12. The van der Waals surface area contributed by atoms with Crippen LogP contribution in [0.1, 0.15) is 126 Å². The highest BCUT2D eigenvalue weighted by atomic mass is 16.4. The predicted octanol–water partition coefficient (Wildman–Crippen LogP) is 0.673. The topological polar surface area (TPSA) is 278 Å². The van der Waals surface area contributed by atoms with Crippen molar-refractivity contribution >= 4 is 29.1 Å². The molecule has 0 aliphatic heterocycles. The first-order valence-corrected chi connectivity index (χ1v) is 18.0. The second-order valence-electron chi connectivity index (χ2n) is 15.6. The summed E-state index contributed by atoms with van der Waals surface area (Å²) >= 11 is 0. The fraction of sp³-hybridized carbons (Fsp3) is 0.861. The lowest BCUT2D eigenvalue weighted by atomic mass is 9.90. The normalized spacial score (nSPS) is 16.6. The van der Waals surface area contributed by atoms with Crippen LogP contribution in [0, 0.1) is 16.2 Å². The first-order valence-electron chi connectivity index (χ1n) is 18.0. The Morgan fingerprint density at radius 2 is 0.863 bits per heavy atom. The van der Waals surface area contributed by atoms with Crippen LogP contribution in [0.15, 0.2) is 0 Å². The van der Waals surface area contributed by atoms with Crippen molar-refractivity contribution in [1.29, 1.82) is 5.41 Å². The highest BCUT2D eigenvalue weighted by molar-refractivity contribution is 6.02. The lowest BCUT2D eigenvalue weighted by Crippen LogP contribution is -2.52. The van der Waals surface area contributed by atoms with Gasteiger partial charge in [-0.2, -0.15) is 0 Å². The van der Waals surface area contributed by atoms with Crippen molar-refractivity contribution in [3.05, 3.63) is 0 Å². The van der Waals surface area contributed by atoms with Crippen molar-refractivity contribution < 1.29 is 60.0 Å². The molecule has 0 aromatic carbocycles. The number of nitrogens with one attached hydrogen (secondary N) is 3. The van der Waals surface area contributed by atoms with Gasteiger partial charge in [0.25, 0.3) is 11.8 Å². The number of ketones is 2. The molecule has 51 heavy (non-hydrogen) atoms. The van der Waals surface area contributed by atoms with E-state index in [-0.39, 0.29) is 29.4 Å². The first kappa shape index (κ1) is 50.7. The summed E-state index contributed by atoms with van der Waals surface area (Å²) in [5.41, 5.74) is 0.357. The molecule has 0 aromatic heterocycles. The van der Waals surface area contributed by atoms with Crippen LogP contribution in [0.4, 0.5) is 0 Å². The average molecular weight is 736 g/mol. The van der Waals surface area contributed by atoms with Gasteiger partial charge >= 0.3 is 0 Å². The fourth-order valence-electron chi connectivity index (χ4n) is 4.60. The lowest BCUT2D eigenvalue weighted by Gasteiger charge is -2.25. The summed E-state index contributed by atoms with van der Waals surface area (Å²) in [5, 5.41) is 91.2. The standard InChI is InChI=1S/C19H36N2O6.C17H33NO6/c1-5-6-8-12(20)11-13(22)14(23)15(24)16(25)17(26)18(27)21-10-7-9-19(2,3)4;1-5-6-8-11(19)12(20)13(21)14(22)15(23)16(24)18-10-7-9-17(2,3)4/h14-17,20,23-26H,5-11H2,1-4H3,(H,21,27);12-15,20-23H,5-10H2,1-4H3,(H,18,24)/t14-,15+,16+,17-;12-,13+,14+,15-/m00/s1. The van der Waals surface area contributed by atoms with E-state index in [0.29, 0.717) is 38.8 Å². The van der Waals surface area contributed by atoms with E-state index < -0.39 is 72.2 Å². The molecule has 0 unspecified atom stereocenters. The van der Waals surface area contributed by atoms with Crippen LogP contribution in [0.25, 0.3) is 0 Å². The zero-order valence-corrected chi connectivity index (χ0v) is 32.0. The van der Waals surface area contributed by atoms with Crippen molar-refractivity contribution in [1.82, 2.24) is 10.6 Å². The molecular weight excluding hydrogens is 666 g/mol. The van der Waals surface area contributed by atoms with Gasteiger partial charge in [-0.25, -0.2) is 0 Å². The van der Waals surface area contributed by atoms with Crippen LogP contribution in [0.3, 0.4) is 0 Å². The monoisotopic (exact) mass is 735 g/mol. The van der Waals surface area contributed by atoms with Gasteiger partial charge in [-0.15, -0.1) is 0 Å². The van der Waals surface area contributed by atoms with Gasteiger partial charge in [0.1, 0.15) is 36.6 Å². The van der Waals surface area contributed by atoms with E-state index in [2.05, 4.69) is 52.2 Å². The summed E-state index contributed by atoms with van der Waals surface area (Å²) in [5.74, 6) is -3.18. The number of amides is 2. The largest absolute Gasteiger partial charge is 0.387 e. The molecule has 15 nitrogen and oxygen atoms in total. The van der Waals surface area contributed by atoms with Crippen LogP contribution in [0.2, 0.25) is 0 Å². The highest BCUT2D eigenvalue weighted by Gasteiger charge is 2.38. The number of carbonyl (C=O) groups excluding carboxylic acids is 4. The Morgan fingerprint density at radius 3 is 1.22 bits per heavy atom. The maximum Gasteiger partial charge on any atom is 0.251 e. The second kappa shape index (κ2) is 25.6. The van der Waals surface area contributed by atoms with Gasteiger partial charge in [0.05, 0.1) is 0 Å². The third-order valence-corrected chi connectivity index (χ3v) is 7.99. The molecule has 0 saturated heterocycles. The molecule has 300 valence electrons. The Balaban J connectivity index is 0. The number of hydrogen-bond acceptors (Lipinski definition) is 13. The van der Waals surface area contributed by atoms with E-state index in [1.807, 2.05) is 13.8 Å². The summed E-state index contributed by atoms with van der Waals surface area (Å²) < 4.78 is 0. The molecule has 15 heteroatoms. The lowest BCUT2D eigenvalue weighted by molar-refractivity contribution is -0.154. The molecule has 0 spiro atoms. The molecule has 0 heterocycles. The van der Waals surface area contributed by atoms with E-state index in [1.165, 1.54) is 0 Å². The molecule has 0 aliphatic rings. The van der Waals surface area contributed by atoms with E-state index in [4.69, 9.17) is 5.41 Å². The Bertz CT molecular complexity index is 1040. The minimum Gasteiger partial charge on any atom is -0.387 e. The Kier molecular flexibility index (Phi) is 25.4.